The van der Waals surface area contributed by atoms with Crippen molar-refractivity contribution in [2.45, 2.75) is 44.6 Å². The van der Waals surface area contributed by atoms with Crippen LogP contribution in [0.1, 0.15) is 38.5 Å². The molecule has 20 heavy (non-hydrogen) atoms. The van der Waals surface area contributed by atoms with Crippen molar-refractivity contribution in [3.05, 3.63) is 0 Å². The van der Waals surface area contributed by atoms with Crippen LogP contribution in [0.4, 0.5) is 0 Å². The van der Waals surface area contributed by atoms with E-state index < -0.39 is 21.8 Å². The lowest BCUT2D eigenvalue weighted by Crippen LogP contribution is -2.52. The predicted octanol–water partition coefficient (Wildman–Crippen LogP) is 0.667. The summed E-state index contributed by atoms with van der Waals surface area (Å²) in [5.41, 5.74) is 0. The quantitative estimate of drug-likeness (QED) is 0.824. The van der Waals surface area contributed by atoms with Crippen LogP contribution in [-0.4, -0.2) is 54.4 Å². The van der Waals surface area contributed by atoms with Crippen LogP contribution in [0.5, 0.6) is 0 Å². The van der Waals surface area contributed by atoms with E-state index in [-0.39, 0.29) is 30.4 Å². The Bertz CT molecular complexity index is 481. The Morgan fingerprint density at radius 3 is 2.40 bits per heavy atom. The highest BCUT2D eigenvalue weighted by atomic mass is 32.2. The average Bonchev–Trinajstić information content (AvgIpc) is 2.79. The molecular formula is C13H21NO5S. The summed E-state index contributed by atoms with van der Waals surface area (Å²) >= 11 is 0. The lowest BCUT2D eigenvalue weighted by atomic mass is 10.0. The summed E-state index contributed by atoms with van der Waals surface area (Å²) in [6, 6.07) is -0.708. The maximum Gasteiger partial charge on any atom is 0.305 e. The van der Waals surface area contributed by atoms with Gasteiger partial charge >= 0.3 is 5.97 Å². The minimum atomic E-state index is -3.23. The van der Waals surface area contributed by atoms with Crippen molar-refractivity contribution in [1.29, 1.82) is 0 Å². The van der Waals surface area contributed by atoms with Gasteiger partial charge in [0.1, 0.15) is 0 Å². The van der Waals surface area contributed by atoms with E-state index in [1.165, 1.54) is 4.90 Å². The molecule has 1 saturated carbocycles. The minimum absolute atomic E-state index is 0.0560. The third kappa shape index (κ3) is 3.94. The third-order valence-electron chi connectivity index (χ3n) is 4.20. The fraction of sp³-hybridized carbons (Fsp3) is 0.846. The van der Waals surface area contributed by atoms with Crippen molar-refractivity contribution in [2.75, 3.05) is 18.1 Å². The van der Waals surface area contributed by atoms with Crippen LogP contribution in [-0.2, 0) is 19.4 Å². The highest BCUT2D eigenvalue weighted by Gasteiger charge is 2.36. The smallest absolute Gasteiger partial charge is 0.305 e. The van der Waals surface area contributed by atoms with Gasteiger partial charge in [0.25, 0.3) is 0 Å². The molecule has 1 aliphatic carbocycles. The molecule has 114 valence electrons. The summed E-state index contributed by atoms with van der Waals surface area (Å²) in [4.78, 5) is 24.6. The summed E-state index contributed by atoms with van der Waals surface area (Å²) in [5.74, 6) is -1.05. The Kier molecular flexibility index (Phi) is 4.67. The first-order chi connectivity index (χ1) is 9.37. The third-order valence-corrected chi connectivity index (χ3v) is 5.90. The second-order valence-corrected chi connectivity index (χ2v) is 8.04. The number of hydrogen-bond donors (Lipinski definition) is 1. The van der Waals surface area contributed by atoms with E-state index in [2.05, 4.69) is 0 Å². The van der Waals surface area contributed by atoms with Crippen molar-refractivity contribution in [2.24, 2.45) is 5.92 Å². The Balaban J connectivity index is 2.02. The summed E-state index contributed by atoms with van der Waals surface area (Å²) in [6.45, 7) is 0.131. The molecule has 0 aromatic heterocycles. The first kappa shape index (κ1) is 15.3. The van der Waals surface area contributed by atoms with E-state index in [0.717, 1.165) is 25.7 Å². The SMILES string of the molecule is O=C(O)CC1CS(=O)(=O)CCN1C(=O)CC1CCCC1. The second-order valence-electron chi connectivity index (χ2n) is 5.81. The molecule has 6 nitrogen and oxygen atoms in total. The number of carbonyl (C=O) groups is 2. The molecule has 7 heteroatoms. The van der Waals surface area contributed by atoms with E-state index >= 15 is 0 Å². The van der Waals surface area contributed by atoms with Gasteiger partial charge in [-0.25, -0.2) is 8.42 Å². The van der Waals surface area contributed by atoms with Crippen molar-refractivity contribution in [3.63, 3.8) is 0 Å². The lowest BCUT2D eigenvalue weighted by molar-refractivity contribution is -0.140. The monoisotopic (exact) mass is 303 g/mol. The largest absolute Gasteiger partial charge is 0.481 e. The number of carboxylic acid groups (broad SMARTS) is 1. The van der Waals surface area contributed by atoms with Gasteiger partial charge in [0, 0.05) is 13.0 Å². The van der Waals surface area contributed by atoms with E-state index in [1.807, 2.05) is 0 Å². The van der Waals surface area contributed by atoms with E-state index in [1.54, 1.807) is 0 Å². The molecule has 2 rings (SSSR count). The second kappa shape index (κ2) is 6.11. The van der Waals surface area contributed by atoms with Crippen LogP contribution < -0.4 is 0 Å². The highest BCUT2D eigenvalue weighted by molar-refractivity contribution is 7.91. The molecule has 1 unspecified atom stereocenters. The van der Waals surface area contributed by atoms with Gasteiger partial charge in [-0.15, -0.1) is 0 Å². The summed E-state index contributed by atoms with van der Waals surface area (Å²) in [5, 5.41) is 8.89. The standard InChI is InChI=1S/C13H21NO5S/c15-12(7-10-3-1-2-4-10)14-5-6-20(18,19)9-11(14)8-13(16)17/h10-11H,1-9H2,(H,16,17). The van der Waals surface area contributed by atoms with Gasteiger partial charge in [-0.2, -0.15) is 0 Å². The average molecular weight is 303 g/mol. The van der Waals surface area contributed by atoms with Gasteiger partial charge in [0.05, 0.1) is 24.0 Å². The van der Waals surface area contributed by atoms with Gasteiger partial charge < -0.3 is 10.0 Å². The van der Waals surface area contributed by atoms with Gasteiger partial charge in [0.2, 0.25) is 5.91 Å². The van der Waals surface area contributed by atoms with Gasteiger partial charge in [0.15, 0.2) is 9.84 Å². The van der Waals surface area contributed by atoms with Crippen LogP contribution >= 0.6 is 0 Å². The van der Waals surface area contributed by atoms with Crippen molar-refractivity contribution in [1.82, 2.24) is 4.90 Å². The molecule has 1 aliphatic heterocycles. The number of sulfone groups is 1. The molecule has 0 spiro atoms. The predicted molar refractivity (Wildman–Crippen MR) is 73.0 cm³/mol. The van der Waals surface area contributed by atoms with E-state index in [9.17, 15) is 18.0 Å². The summed E-state index contributed by atoms with van der Waals surface area (Å²) in [7, 11) is -3.23. The number of nitrogens with zero attached hydrogens (tertiary/aromatic N) is 1. The maximum atomic E-state index is 12.3. The zero-order valence-electron chi connectivity index (χ0n) is 11.5. The molecular weight excluding hydrogens is 282 g/mol. The minimum Gasteiger partial charge on any atom is -0.481 e. The molecule has 1 saturated heterocycles. The lowest BCUT2D eigenvalue weighted by Gasteiger charge is -2.35. The Labute approximate surface area is 119 Å². The van der Waals surface area contributed by atoms with Crippen molar-refractivity contribution in [3.8, 4) is 0 Å². The first-order valence-corrected chi connectivity index (χ1v) is 8.91. The fourth-order valence-corrected chi connectivity index (χ4v) is 4.69. The van der Waals surface area contributed by atoms with Crippen LogP contribution in [0.3, 0.4) is 0 Å². The van der Waals surface area contributed by atoms with Crippen LogP contribution in [0.2, 0.25) is 0 Å². The Morgan fingerprint density at radius 2 is 1.80 bits per heavy atom. The molecule has 1 N–H and O–H groups in total. The first-order valence-electron chi connectivity index (χ1n) is 7.09. The summed E-state index contributed by atoms with van der Waals surface area (Å²) < 4.78 is 23.2. The van der Waals surface area contributed by atoms with Gasteiger partial charge in [-0.05, 0) is 18.8 Å². The number of aliphatic carboxylic acids is 1. The number of rotatable bonds is 4. The zero-order chi connectivity index (χ0) is 14.8. The Hall–Kier alpha value is -1.11. The molecule has 1 amide bonds. The van der Waals surface area contributed by atoms with Gasteiger partial charge in [-0.1, -0.05) is 12.8 Å². The molecule has 0 radical (unpaired) electrons. The molecule has 0 aromatic carbocycles. The normalized spacial score (nSPS) is 26.6. The number of hydrogen-bond acceptors (Lipinski definition) is 4. The van der Waals surface area contributed by atoms with E-state index in [4.69, 9.17) is 5.11 Å². The molecule has 0 aromatic rings. The fourth-order valence-electron chi connectivity index (χ4n) is 3.16. The van der Waals surface area contributed by atoms with Crippen molar-refractivity contribution < 1.29 is 23.1 Å². The number of carboxylic acids is 1. The zero-order valence-corrected chi connectivity index (χ0v) is 12.3. The molecule has 1 atom stereocenters. The summed E-state index contributed by atoms with van der Waals surface area (Å²) in [6.07, 6.45) is 4.50. The van der Waals surface area contributed by atoms with E-state index in [0.29, 0.717) is 12.3 Å². The van der Waals surface area contributed by atoms with Crippen LogP contribution in [0.25, 0.3) is 0 Å². The van der Waals surface area contributed by atoms with Crippen LogP contribution in [0.15, 0.2) is 0 Å². The van der Waals surface area contributed by atoms with Crippen LogP contribution in [0, 0.1) is 5.92 Å². The maximum absolute atomic E-state index is 12.3. The molecule has 0 bridgehead atoms. The molecule has 2 aliphatic rings. The molecule has 2 fully saturated rings. The molecule has 1 heterocycles. The topological polar surface area (TPSA) is 91.8 Å². The number of carbonyl (C=O) groups excluding carboxylic acids is 1. The number of amides is 1. The highest BCUT2D eigenvalue weighted by Crippen LogP contribution is 2.29. The Morgan fingerprint density at radius 1 is 1.15 bits per heavy atom. The van der Waals surface area contributed by atoms with Gasteiger partial charge in [-0.3, -0.25) is 9.59 Å². The van der Waals surface area contributed by atoms with Crippen molar-refractivity contribution >= 4 is 21.7 Å².